The molecule has 1 aromatic rings. The third-order valence-corrected chi connectivity index (χ3v) is 4.17. The summed E-state index contributed by atoms with van der Waals surface area (Å²) in [6.07, 6.45) is 5.36. The first kappa shape index (κ1) is 12.9. The first-order valence-corrected chi connectivity index (χ1v) is 7.13. The van der Waals surface area contributed by atoms with Crippen molar-refractivity contribution in [3.8, 4) is 0 Å². The smallest absolute Gasteiger partial charge is 0.137 e. The summed E-state index contributed by atoms with van der Waals surface area (Å²) in [5.74, 6) is 1.42. The Labute approximate surface area is 111 Å². The van der Waals surface area contributed by atoms with Crippen molar-refractivity contribution in [3.05, 3.63) is 28.5 Å². The largest absolute Gasteiger partial charge is 0.385 e. The van der Waals surface area contributed by atoms with Crippen LogP contribution in [0, 0.1) is 17.7 Å². The van der Waals surface area contributed by atoms with Gasteiger partial charge in [-0.25, -0.2) is 4.39 Å². The molecule has 94 valence electrons. The highest BCUT2D eigenvalue weighted by Crippen LogP contribution is 2.29. The molecule has 2 unspecified atom stereocenters. The van der Waals surface area contributed by atoms with Crippen LogP contribution >= 0.6 is 15.9 Å². The van der Waals surface area contributed by atoms with Crippen molar-refractivity contribution in [1.29, 1.82) is 0 Å². The van der Waals surface area contributed by atoms with Gasteiger partial charge in [-0.2, -0.15) is 0 Å². The molecule has 1 aliphatic rings. The van der Waals surface area contributed by atoms with E-state index in [2.05, 4.69) is 28.2 Å². The Kier molecular flexibility index (Phi) is 4.43. The van der Waals surface area contributed by atoms with Crippen molar-refractivity contribution in [2.75, 3.05) is 11.9 Å². The van der Waals surface area contributed by atoms with Crippen molar-refractivity contribution in [2.45, 2.75) is 32.6 Å². The highest BCUT2D eigenvalue weighted by atomic mass is 79.9. The average molecular weight is 300 g/mol. The van der Waals surface area contributed by atoms with Gasteiger partial charge in [0.2, 0.25) is 0 Å². The zero-order valence-corrected chi connectivity index (χ0v) is 11.8. The molecule has 1 saturated carbocycles. The first-order valence-electron chi connectivity index (χ1n) is 6.34. The monoisotopic (exact) mass is 299 g/mol. The maximum atomic E-state index is 13.1. The molecule has 2 atom stereocenters. The number of hydrogen-bond donors (Lipinski definition) is 1. The molecule has 0 aliphatic heterocycles. The Hall–Kier alpha value is -0.570. The van der Waals surface area contributed by atoms with Crippen LogP contribution in [0.25, 0.3) is 0 Å². The molecular weight excluding hydrogens is 281 g/mol. The van der Waals surface area contributed by atoms with Crippen LogP contribution in [0.2, 0.25) is 0 Å². The van der Waals surface area contributed by atoms with Crippen molar-refractivity contribution in [3.63, 3.8) is 0 Å². The normalized spacial score (nSPS) is 24.6. The van der Waals surface area contributed by atoms with E-state index in [1.165, 1.54) is 31.7 Å². The lowest BCUT2D eigenvalue weighted by Crippen LogP contribution is -2.20. The summed E-state index contributed by atoms with van der Waals surface area (Å²) < 4.78 is 13.6. The minimum Gasteiger partial charge on any atom is -0.385 e. The van der Waals surface area contributed by atoms with Gasteiger partial charge in [0.15, 0.2) is 0 Å². The zero-order valence-electron chi connectivity index (χ0n) is 10.2. The van der Waals surface area contributed by atoms with Crippen molar-refractivity contribution >= 4 is 21.6 Å². The SMILES string of the molecule is CC1CCCC(CNc2ccc(F)c(Br)c2)C1. The first-order chi connectivity index (χ1) is 8.15. The summed E-state index contributed by atoms with van der Waals surface area (Å²) in [5, 5.41) is 3.41. The molecular formula is C14H19BrFN. The molecule has 0 amide bonds. The summed E-state index contributed by atoms with van der Waals surface area (Å²) in [6.45, 7) is 3.34. The van der Waals surface area contributed by atoms with Gasteiger partial charge in [-0.3, -0.25) is 0 Å². The summed E-state index contributed by atoms with van der Waals surface area (Å²) in [7, 11) is 0. The van der Waals surface area contributed by atoms with Crippen molar-refractivity contribution < 1.29 is 4.39 Å². The van der Waals surface area contributed by atoms with Crippen molar-refractivity contribution in [1.82, 2.24) is 0 Å². The van der Waals surface area contributed by atoms with E-state index in [0.717, 1.165) is 24.1 Å². The molecule has 0 radical (unpaired) electrons. The van der Waals surface area contributed by atoms with Gasteiger partial charge in [-0.1, -0.05) is 19.8 Å². The number of rotatable bonds is 3. The van der Waals surface area contributed by atoms with Crippen LogP contribution in [0.5, 0.6) is 0 Å². The molecule has 17 heavy (non-hydrogen) atoms. The number of hydrogen-bond acceptors (Lipinski definition) is 1. The molecule has 1 aliphatic carbocycles. The van der Waals surface area contributed by atoms with Gasteiger partial charge in [0.1, 0.15) is 5.82 Å². The van der Waals surface area contributed by atoms with Crippen molar-refractivity contribution in [2.24, 2.45) is 11.8 Å². The molecule has 1 nitrogen and oxygen atoms in total. The molecule has 0 heterocycles. The van der Waals surface area contributed by atoms with Gasteiger partial charge < -0.3 is 5.32 Å². The van der Waals surface area contributed by atoms with Crippen LogP contribution in [0.15, 0.2) is 22.7 Å². The molecule has 1 N–H and O–H groups in total. The van der Waals surface area contributed by atoms with Gasteiger partial charge in [0.25, 0.3) is 0 Å². The van der Waals surface area contributed by atoms with E-state index >= 15 is 0 Å². The number of anilines is 1. The third-order valence-electron chi connectivity index (χ3n) is 3.56. The van der Waals surface area contributed by atoms with Gasteiger partial charge in [0, 0.05) is 12.2 Å². The molecule has 0 aromatic heterocycles. The Morgan fingerprint density at radius 3 is 2.94 bits per heavy atom. The minimum atomic E-state index is -0.207. The van der Waals surface area contributed by atoms with E-state index in [-0.39, 0.29) is 5.82 Å². The number of halogens is 2. The lowest BCUT2D eigenvalue weighted by atomic mass is 9.82. The summed E-state index contributed by atoms with van der Waals surface area (Å²) in [6, 6.07) is 5.10. The predicted octanol–water partition coefficient (Wildman–Crippen LogP) is 4.83. The molecule has 0 saturated heterocycles. The van der Waals surface area contributed by atoms with E-state index in [0.29, 0.717) is 4.47 Å². The van der Waals surface area contributed by atoms with Crippen LogP contribution < -0.4 is 5.32 Å². The summed E-state index contributed by atoms with van der Waals surface area (Å²) >= 11 is 3.21. The van der Waals surface area contributed by atoms with Crippen LogP contribution in [-0.4, -0.2) is 6.54 Å². The van der Waals surface area contributed by atoms with Crippen LogP contribution in [0.1, 0.15) is 32.6 Å². The molecule has 0 bridgehead atoms. The quantitative estimate of drug-likeness (QED) is 0.843. The fourth-order valence-corrected chi connectivity index (χ4v) is 2.99. The Balaban J connectivity index is 1.86. The highest BCUT2D eigenvalue weighted by Gasteiger charge is 2.18. The summed E-state index contributed by atoms with van der Waals surface area (Å²) in [4.78, 5) is 0. The fourth-order valence-electron chi connectivity index (χ4n) is 2.61. The van der Waals surface area contributed by atoms with E-state index in [1.54, 1.807) is 6.07 Å². The van der Waals surface area contributed by atoms with Crippen LogP contribution in [-0.2, 0) is 0 Å². The second kappa shape index (κ2) is 5.85. The third kappa shape index (κ3) is 3.70. The molecule has 0 spiro atoms. The fraction of sp³-hybridized carbons (Fsp3) is 0.571. The lowest BCUT2D eigenvalue weighted by Gasteiger charge is -2.27. The second-order valence-corrected chi connectivity index (χ2v) is 6.00. The lowest BCUT2D eigenvalue weighted by molar-refractivity contribution is 0.293. The van der Waals surface area contributed by atoms with Crippen LogP contribution in [0.4, 0.5) is 10.1 Å². The van der Waals surface area contributed by atoms with E-state index in [1.807, 2.05) is 6.07 Å². The topological polar surface area (TPSA) is 12.0 Å². The van der Waals surface area contributed by atoms with Gasteiger partial charge in [0.05, 0.1) is 4.47 Å². The van der Waals surface area contributed by atoms with Gasteiger partial charge in [-0.05, 0) is 58.8 Å². The average Bonchev–Trinajstić information content (AvgIpc) is 2.31. The minimum absolute atomic E-state index is 0.207. The van der Waals surface area contributed by atoms with Gasteiger partial charge in [-0.15, -0.1) is 0 Å². The Morgan fingerprint density at radius 2 is 2.24 bits per heavy atom. The van der Waals surface area contributed by atoms with Crippen LogP contribution in [0.3, 0.4) is 0 Å². The maximum absolute atomic E-state index is 13.1. The maximum Gasteiger partial charge on any atom is 0.137 e. The number of nitrogens with one attached hydrogen (secondary N) is 1. The molecule has 1 aromatic carbocycles. The standard InChI is InChI=1S/C14H19BrFN/c1-10-3-2-4-11(7-10)9-17-12-5-6-14(16)13(15)8-12/h5-6,8,10-11,17H,2-4,7,9H2,1H3. The molecule has 3 heteroatoms. The highest BCUT2D eigenvalue weighted by molar-refractivity contribution is 9.10. The predicted molar refractivity (Wildman–Crippen MR) is 73.7 cm³/mol. The van der Waals surface area contributed by atoms with E-state index in [4.69, 9.17) is 0 Å². The van der Waals surface area contributed by atoms with E-state index < -0.39 is 0 Å². The van der Waals surface area contributed by atoms with E-state index in [9.17, 15) is 4.39 Å². The Morgan fingerprint density at radius 1 is 1.41 bits per heavy atom. The zero-order chi connectivity index (χ0) is 12.3. The number of benzene rings is 1. The molecule has 1 fully saturated rings. The molecule has 2 rings (SSSR count). The second-order valence-electron chi connectivity index (χ2n) is 5.15. The van der Waals surface area contributed by atoms with Gasteiger partial charge >= 0.3 is 0 Å². The Bertz CT molecular complexity index is 380. The summed E-state index contributed by atoms with van der Waals surface area (Å²) in [5.41, 5.74) is 0.997.